The highest BCUT2D eigenvalue weighted by Gasteiger charge is 2.19. The van der Waals surface area contributed by atoms with Crippen LogP contribution in [-0.4, -0.2) is 55.8 Å². The number of aromatic nitrogens is 6. The summed E-state index contributed by atoms with van der Waals surface area (Å²) in [6.07, 6.45) is 11.2. The van der Waals surface area contributed by atoms with Crippen LogP contribution in [0.5, 0.6) is 0 Å². The Labute approximate surface area is 234 Å². The van der Waals surface area contributed by atoms with Crippen molar-refractivity contribution in [3.8, 4) is 16.9 Å². The number of ether oxygens (including phenoxy) is 1. The van der Waals surface area contributed by atoms with Crippen LogP contribution in [0.2, 0.25) is 5.02 Å². The molecule has 0 saturated heterocycles. The second-order valence-corrected chi connectivity index (χ2v) is 9.26. The molecule has 1 aliphatic rings. The van der Waals surface area contributed by atoms with Crippen molar-refractivity contribution in [2.24, 2.45) is 0 Å². The molecule has 0 spiro atoms. The molecule has 1 aliphatic heterocycles. The van der Waals surface area contributed by atoms with E-state index in [9.17, 15) is 9.59 Å². The number of carbonyl (C=O) groups is 2. The first-order valence-corrected chi connectivity index (χ1v) is 12.8. The normalized spacial score (nSPS) is 15.7. The molecule has 204 valence electrons. The SMILES string of the molecule is COC(=O)Nc1ccc2c(c1)NCC/C=C/C[C@H](NC(=O)/C=C/c1cc(Cl)ccc1-n1cnnn1)c1nc-2c[nH]1. The van der Waals surface area contributed by atoms with Crippen LogP contribution in [0.15, 0.2) is 67.2 Å². The molecule has 1 atom stereocenters. The first-order chi connectivity index (χ1) is 19.5. The predicted octanol–water partition coefficient (Wildman–Crippen LogP) is 4.52. The van der Waals surface area contributed by atoms with Crippen LogP contribution < -0.4 is 16.0 Å². The van der Waals surface area contributed by atoms with Crippen LogP contribution in [0, 0.1) is 0 Å². The van der Waals surface area contributed by atoms with Gasteiger partial charge in [-0.15, -0.1) is 5.10 Å². The second-order valence-electron chi connectivity index (χ2n) is 8.82. The quantitative estimate of drug-likeness (QED) is 0.206. The Bertz CT molecular complexity index is 1560. The Morgan fingerprint density at radius 3 is 2.92 bits per heavy atom. The average molecular weight is 560 g/mol. The van der Waals surface area contributed by atoms with Gasteiger partial charge in [0, 0.05) is 46.3 Å². The van der Waals surface area contributed by atoms with E-state index in [1.54, 1.807) is 36.5 Å². The van der Waals surface area contributed by atoms with E-state index in [0.717, 1.165) is 17.7 Å². The van der Waals surface area contributed by atoms with Crippen molar-refractivity contribution in [1.82, 2.24) is 35.5 Å². The third kappa shape index (κ3) is 6.35. The number of tetrazole rings is 1. The Morgan fingerprint density at radius 1 is 1.20 bits per heavy atom. The molecule has 2 amide bonds. The summed E-state index contributed by atoms with van der Waals surface area (Å²) in [4.78, 5) is 32.7. The highest BCUT2D eigenvalue weighted by molar-refractivity contribution is 6.30. The number of nitrogens with one attached hydrogen (secondary N) is 4. The van der Waals surface area contributed by atoms with Crippen LogP contribution in [0.3, 0.4) is 0 Å². The number of H-pyrrole nitrogens is 1. The van der Waals surface area contributed by atoms with Gasteiger partial charge in [-0.1, -0.05) is 23.8 Å². The molecular formula is C27H26ClN9O3. The van der Waals surface area contributed by atoms with Gasteiger partial charge in [0.1, 0.15) is 12.2 Å². The van der Waals surface area contributed by atoms with E-state index in [1.807, 2.05) is 24.3 Å². The third-order valence-corrected chi connectivity index (χ3v) is 6.37. The zero-order valence-electron chi connectivity index (χ0n) is 21.5. The number of halogens is 1. The van der Waals surface area contributed by atoms with Crippen molar-refractivity contribution in [3.63, 3.8) is 0 Å². The van der Waals surface area contributed by atoms with Crippen LogP contribution in [0.4, 0.5) is 16.2 Å². The first kappa shape index (κ1) is 26.6. The molecule has 2 aromatic carbocycles. The second kappa shape index (κ2) is 12.3. The lowest BCUT2D eigenvalue weighted by Gasteiger charge is -2.15. The van der Waals surface area contributed by atoms with E-state index in [2.05, 4.69) is 36.5 Å². The van der Waals surface area contributed by atoms with Crippen molar-refractivity contribution in [2.45, 2.75) is 18.9 Å². The summed E-state index contributed by atoms with van der Waals surface area (Å²) in [7, 11) is 1.31. The highest BCUT2D eigenvalue weighted by Crippen LogP contribution is 2.31. The van der Waals surface area contributed by atoms with Gasteiger partial charge in [0.2, 0.25) is 5.91 Å². The number of nitrogens with zero attached hydrogens (tertiary/aromatic N) is 5. The lowest BCUT2D eigenvalue weighted by atomic mass is 10.1. The van der Waals surface area contributed by atoms with Gasteiger partial charge < -0.3 is 20.4 Å². The zero-order chi connectivity index (χ0) is 27.9. The van der Waals surface area contributed by atoms with E-state index in [0.29, 0.717) is 46.4 Å². The fraction of sp³-hybridized carbons (Fsp3) is 0.185. The number of amides is 2. The summed E-state index contributed by atoms with van der Waals surface area (Å²) in [6.45, 7) is 0.672. The summed E-state index contributed by atoms with van der Waals surface area (Å²) in [5.41, 5.74) is 4.31. The van der Waals surface area contributed by atoms with Crippen LogP contribution in [0.25, 0.3) is 23.0 Å². The summed E-state index contributed by atoms with van der Waals surface area (Å²) >= 11 is 6.19. The molecule has 4 aromatic rings. The van der Waals surface area contributed by atoms with Gasteiger partial charge in [-0.2, -0.15) is 4.68 Å². The van der Waals surface area contributed by atoms with Gasteiger partial charge in [-0.3, -0.25) is 10.1 Å². The molecule has 40 heavy (non-hydrogen) atoms. The number of methoxy groups -OCH3 is 1. The molecule has 13 heteroatoms. The van der Waals surface area contributed by atoms with E-state index < -0.39 is 12.1 Å². The Morgan fingerprint density at radius 2 is 2.10 bits per heavy atom. The Kier molecular flexibility index (Phi) is 8.16. The predicted molar refractivity (Wildman–Crippen MR) is 151 cm³/mol. The molecule has 2 bridgehead atoms. The summed E-state index contributed by atoms with van der Waals surface area (Å²) in [5.74, 6) is 0.313. The lowest BCUT2D eigenvalue weighted by molar-refractivity contribution is -0.117. The molecule has 0 radical (unpaired) electrons. The first-order valence-electron chi connectivity index (χ1n) is 12.4. The van der Waals surface area contributed by atoms with Crippen LogP contribution in [0.1, 0.15) is 30.3 Å². The fourth-order valence-corrected chi connectivity index (χ4v) is 4.40. The third-order valence-electron chi connectivity index (χ3n) is 6.14. The maximum Gasteiger partial charge on any atom is 0.411 e. The minimum Gasteiger partial charge on any atom is -0.453 e. The van der Waals surface area contributed by atoms with Crippen molar-refractivity contribution in [2.75, 3.05) is 24.3 Å². The van der Waals surface area contributed by atoms with Gasteiger partial charge in [0.05, 0.1) is 24.5 Å². The van der Waals surface area contributed by atoms with Crippen molar-refractivity contribution in [3.05, 3.63) is 83.6 Å². The maximum atomic E-state index is 13.0. The number of anilines is 2. The monoisotopic (exact) mass is 559 g/mol. The van der Waals surface area contributed by atoms with Gasteiger partial charge >= 0.3 is 6.09 Å². The molecule has 0 saturated carbocycles. The molecule has 0 unspecified atom stereocenters. The summed E-state index contributed by atoms with van der Waals surface area (Å²) < 4.78 is 6.19. The highest BCUT2D eigenvalue weighted by atomic mass is 35.5. The zero-order valence-corrected chi connectivity index (χ0v) is 22.2. The smallest absolute Gasteiger partial charge is 0.411 e. The van der Waals surface area contributed by atoms with Gasteiger partial charge in [-0.25, -0.2) is 9.78 Å². The molecule has 0 fully saturated rings. The van der Waals surface area contributed by atoms with E-state index in [-0.39, 0.29) is 5.91 Å². The minimum absolute atomic E-state index is 0.299. The van der Waals surface area contributed by atoms with E-state index in [1.165, 1.54) is 24.2 Å². The Balaban J connectivity index is 1.37. The average Bonchev–Trinajstić information content (AvgIpc) is 3.66. The van der Waals surface area contributed by atoms with Crippen molar-refractivity contribution >= 4 is 41.1 Å². The molecule has 0 aliphatic carbocycles. The van der Waals surface area contributed by atoms with Gasteiger partial charge in [-0.05, 0) is 65.7 Å². The lowest BCUT2D eigenvalue weighted by Crippen LogP contribution is -2.27. The fourth-order valence-electron chi connectivity index (χ4n) is 4.22. The van der Waals surface area contributed by atoms with E-state index in [4.69, 9.17) is 21.3 Å². The number of fused-ring (bicyclic) bond motifs is 4. The molecular weight excluding hydrogens is 534 g/mol. The van der Waals surface area contributed by atoms with Crippen molar-refractivity contribution < 1.29 is 14.3 Å². The van der Waals surface area contributed by atoms with Gasteiger partial charge in [0.15, 0.2) is 0 Å². The number of hydrogen-bond donors (Lipinski definition) is 4. The van der Waals surface area contributed by atoms with Crippen LogP contribution in [-0.2, 0) is 9.53 Å². The standard InChI is InChI=1S/C27H26ClN9O3/c1-40-27(39)32-19-8-9-20-22(14-19)29-12-4-2-3-5-21(26-30-15-23(20)34-26)33-25(38)11-6-17-13-18(28)7-10-24(17)37-16-31-35-36-37/h2-3,6-11,13-16,21,29H,4-5,12H2,1H3,(H,30,34)(H,32,39)(H,33,38)/b3-2+,11-6+/t21-/m0/s1. The molecule has 4 N–H and O–H groups in total. The molecule has 3 heterocycles. The van der Waals surface area contributed by atoms with E-state index >= 15 is 0 Å². The topological polar surface area (TPSA) is 152 Å². The molecule has 12 nitrogen and oxygen atoms in total. The molecule has 5 rings (SSSR count). The van der Waals surface area contributed by atoms with Gasteiger partial charge in [0.25, 0.3) is 0 Å². The number of carbonyl (C=O) groups excluding carboxylic acids is 2. The Hall–Kier alpha value is -4.97. The minimum atomic E-state index is -0.548. The molecule has 2 aromatic heterocycles. The van der Waals surface area contributed by atoms with Crippen LogP contribution >= 0.6 is 11.6 Å². The number of aromatic amines is 1. The van der Waals surface area contributed by atoms with Crippen molar-refractivity contribution in [1.29, 1.82) is 0 Å². The number of hydrogen-bond acceptors (Lipinski definition) is 8. The summed E-state index contributed by atoms with van der Waals surface area (Å²) in [6, 6.07) is 10.3. The number of rotatable bonds is 5. The maximum absolute atomic E-state index is 13.0. The number of benzene rings is 2. The number of imidazole rings is 1. The summed E-state index contributed by atoms with van der Waals surface area (Å²) in [5, 5.41) is 20.9. The largest absolute Gasteiger partial charge is 0.453 e.